The Morgan fingerprint density at radius 1 is 1.00 bits per heavy atom. The first-order valence-electron chi connectivity index (χ1n) is 9.58. The van der Waals surface area contributed by atoms with Crippen molar-refractivity contribution in [3.63, 3.8) is 0 Å². The second-order valence-electron chi connectivity index (χ2n) is 6.82. The highest BCUT2D eigenvalue weighted by molar-refractivity contribution is 9.10. The summed E-state index contributed by atoms with van der Waals surface area (Å²) in [5.41, 5.74) is 4.65. The summed E-state index contributed by atoms with van der Waals surface area (Å²) in [5, 5.41) is 6.30. The van der Waals surface area contributed by atoms with E-state index in [1.165, 1.54) is 41.3 Å². The predicted octanol–water partition coefficient (Wildman–Crippen LogP) is 6.08. The number of carbonyl (C=O) groups excluding carboxylic acids is 1. The van der Waals surface area contributed by atoms with Crippen molar-refractivity contribution >= 4 is 38.8 Å². The Morgan fingerprint density at radius 2 is 1.77 bits per heavy atom. The summed E-state index contributed by atoms with van der Waals surface area (Å²) >= 11 is 3.53. The summed E-state index contributed by atoms with van der Waals surface area (Å²) in [5.74, 6) is -0.0987. The zero-order chi connectivity index (χ0) is 21.6. The molecule has 0 aromatic heterocycles. The molecule has 6 heteroatoms. The van der Waals surface area contributed by atoms with Crippen LogP contribution in [0.15, 0.2) is 94.5 Å². The first-order chi connectivity index (χ1) is 15.1. The number of ether oxygens (including phenoxy) is 1. The fraction of sp³-hybridized carbons (Fsp3) is 0.0400. The molecule has 0 aliphatic heterocycles. The van der Waals surface area contributed by atoms with Crippen molar-refractivity contribution in [3.8, 4) is 5.75 Å². The summed E-state index contributed by atoms with van der Waals surface area (Å²) in [6.45, 7) is 0.446. The lowest BCUT2D eigenvalue weighted by atomic mass is 10.1. The fourth-order valence-corrected chi connectivity index (χ4v) is 3.63. The van der Waals surface area contributed by atoms with Crippen LogP contribution in [-0.4, -0.2) is 12.1 Å². The Balaban J connectivity index is 1.39. The van der Waals surface area contributed by atoms with Crippen molar-refractivity contribution in [2.45, 2.75) is 6.61 Å². The van der Waals surface area contributed by atoms with Crippen molar-refractivity contribution in [1.29, 1.82) is 0 Å². The van der Waals surface area contributed by atoms with Crippen molar-refractivity contribution in [1.82, 2.24) is 5.43 Å². The number of fused-ring (bicyclic) bond motifs is 1. The van der Waals surface area contributed by atoms with Gasteiger partial charge in [-0.2, -0.15) is 5.10 Å². The lowest BCUT2D eigenvalue weighted by Crippen LogP contribution is -2.17. The van der Waals surface area contributed by atoms with Crippen LogP contribution in [0.4, 0.5) is 4.39 Å². The van der Waals surface area contributed by atoms with Gasteiger partial charge in [-0.3, -0.25) is 4.79 Å². The third-order valence-electron chi connectivity index (χ3n) is 4.71. The summed E-state index contributed by atoms with van der Waals surface area (Å²) in [7, 11) is 0. The highest BCUT2D eigenvalue weighted by Gasteiger charge is 2.06. The number of nitrogens with zero attached hydrogens (tertiary/aromatic N) is 1. The minimum absolute atomic E-state index is 0.330. The molecule has 4 aromatic rings. The largest absolute Gasteiger partial charge is 0.488 e. The number of hydrogen-bond donors (Lipinski definition) is 1. The van der Waals surface area contributed by atoms with Crippen LogP contribution in [-0.2, 0) is 6.61 Å². The van der Waals surface area contributed by atoms with Gasteiger partial charge in [0, 0.05) is 5.56 Å². The van der Waals surface area contributed by atoms with Crippen molar-refractivity contribution in [2.75, 3.05) is 0 Å². The number of nitrogens with one attached hydrogen (secondary N) is 1. The number of halogens is 2. The smallest absolute Gasteiger partial charge is 0.271 e. The first-order valence-corrected chi connectivity index (χ1v) is 10.4. The molecule has 0 atom stereocenters. The number of amides is 1. The minimum Gasteiger partial charge on any atom is -0.488 e. The first kappa shape index (κ1) is 20.8. The van der Waals surface area contributed by atoms with E-state index in [-0.39, 0.29) is 0 Å². The van der Waals surface area contributed by atoms with Gasteiger partial charge in [0.1, 0.15) is 18.2 Å². The molecule has 4 aromatic carbocycles. The molecule has 0 spiro atoms. The fourth-order valence-electron chi connectivity index (χ4n) is 3.12. The van der Waals surface area contributed by atoms with Gasteiger partial charge in [-0.1, -0.05) is 42.5 Å². The second kappa shape index (κ2) is 9.53. The minimum atomic E-state index is -0.412. The van der Waals surface area contributed by atoms with E-state index in [1.807, 2.05) is 36.4 Å². The van der Waals surface area contributed by atoms with Crippen LogP contribution >= 0.6 is 15.9 Å². The number of benzene rings is 4. The monoisotopic (exact) mass is 476 g/mol. The Morgan fingerprint density at radius 3 is 2.58 bits per heavy atom. The van der Waals surface area contributed by atoms with Crippen LogP contribution in [0.25, 0.3) is 10.8 Å². The molecular weight excluding hydrogens is 459 g/mol. The molecular formula is C25H18BrFN2O2. The zero-order valence-corrected chi connectivity index (χ0v) is 18.0. The number of hydrazone groups is 1. The van der Waals surface area contributed by atoms with Gasteiger partial charge in [0.2, 0.25) is 0 Å². The van der Waals surface area contributed by atoms with Gasteiger partial charge in [-0.05, 0) is 80.3 Å². The third-order valence-corrected chi connectivity index (χ3v) is 5.32. The third kappa shape index (κ3) is 5.16. The Bertz CT molecular complexity index is 1250. The molecule has 154 valence electrons. The molecule has 4 nitrogen and oxygen atoms in total. The molecule has 0 fully saturated rings. The highest BCUT2D eigenvalue weighted by atomic mass is 79.9. The van der Waals surface area contributed by atoms with E-state index in [9.17, 15) is 9.18 Å². The van der Waals surface area contributed by atoms with Gasteiger partial charge in [0.15, 0.2) is 0 Å². The molecule has 1 amide bonds. The lowest BCUT2D eigenvalue weighted by Gasteiger charge is -2.11. The van der Waals surface area contributed by atoms with Crippen molar-refractivity contribution in [3.05, 3.63) is 112 Å². The lowest BCUT2D eigenvalue weighted by molar-refractivity contribution is 0.0955. The topological polar surface area (TPSA) is 50.7 Å². The maximum atomic E-state index is 12.9. The van der Waals surface area contributed by atoms with Crippen LogP contribution < -0.4 is 10.2 Å². The summed E-state index contributed by atoms with van der Waals surface area (Å²) < 4.78 is 19.7. The molecule has 0 heterocycles. The van der Waals surface area contributed by atoms with Gasteiger partial charge in [-0.15, -0.1) is 0 Å². The van der Waals surface area contributed by atoms with Gasteiger partial charge in [-0.25, -0.2) is 9.82 Å². The molecule has 0 saturated heterocycles. The standard InChI is InChI=1S/C25H18BrFN2O2/c26-23-14-17(15-28-29-25(30)19-9-11-21(27)12-10-19)8-13-24(23)31-16-20-6-3-5-18-4-1-2-7-22(18)20/h1-15H,16H2,(H,29,30). The van der Waals surface area contributed by atoms with E-state index in [0.717, 1.165) is 15.6 Å². The Labute approximate surface area is 187 Å². The quantitative estimate of drug-likeness (QED) is 0.270. The van der Waals surface area contributed by atoms with E-state index >= 15 is 0 Å². The number of carbonyl (C=O) groups is 1. The van der Waals surface area contributed by atoms with E-state index < -0.39 is 11.7 Å². The Kier molecular flexibility index (Phi) is 6.38. The Hall–Kier alpha value is -3.51. The second-order valence-corrected chi connectivity index (χ2v) is 7.68. The molecule has 31 heavy (non-hydrogen) atoms. The van der Waals surface area contributed by atoms with E-state index in [0.29, 0.717) is 17.9 Å². The number of rotatable bonds is 6. The molecule has 0 aliphatic rings. The predicted molar refractivity (Wildman–Crippen MR) is 124 cm³/mol. The van der Waals surface area contributed by atoms with Gasteiger partial charge >= 0.3 is 0 Å². The number of hydrogen-bond acceptors (Lipinski definition) is 3. The summed E-state index contributed by atoms with van der Waals surface area (Å²) in [6.07, 6.45) is 1.53. The van der Waals surface area contributed by atoms with E-state index in [4.69, 9.17) is 4.74 Å². The average molecular weight is 477 g/mol. The summed E-state index contributed by atoms with van der Waals surface area (Å²) in [4.78, 5) is 12.0. The van der Waals surface area contributed by atoms with E-state index in [1.54, 1.807) is 0 Å². The SMILES string of the molecule is O=C(NN=Cc1ccc(OCc2cccc3ccccc23)c(Br)c1)c1ccc(F)cc1. The van der Waals surface area contributed by atoms with E-state index in [2.05, 4.69) is 50.7 Å². The molecule has 0 radical (unpaired) electrons. The van der Waals surface area contributed by atoms with Gasteiger partial charge in [0.25, 0.3) is 5.91 Å². The van der Waals surface area contributed by atoms with Crippen molar-refractivity contribution < 1.29 is 13.9 Å². The maximum Gasteiger partial charge on any atom is 0.271 e. The van der Waals surface area contributed by atoms with Crippen molar-refractivity contribution in [2.24, 2.45) is 5.10 Å². The maximum absolute atomic E-state index is 12.9. The van der Waals surface area contributed by atoms with Crippen LogP contribution in [0.3, 0.4) is 0 Å². The van der Waals surface area contributed by atoms with Crippen LogP contribution in [0, 0.1) is 5.82 Å². The molecule has 0 bridgehead atoms. The van der Waals surface area contributed by atoms with Crippen LogP contribution in [0.1, 0.15) is 21.5 Å². The average Bonchev–Trinajstić information content (AvgIpc) is 2.79. The summed E-state index contributed by atoms with van der Waals surface area (Å²) in [6, 6.07) is 25.2. The molecule has 1 N–H and O–H groups in total. The highest BCUT2D eigenvalue weighted by Crippen LogP contribution is 2.27. The van der Waals surface area contributed by atoms with Crippen LogP contribution in [0.5, 0.6) is 5.75 Å². The normalized spacial score (nSPS) is 11.0. The van der Waals surface area contributed by atoms with Gasteiger partial charge < -0.3 is 4.74 Å². The van der Waals surface area contributed by atoms with Crippen LogP contribution in [0.2, 0.25) is 0 Å². The zero-order valence-electron chi connectivity index (χ0n) is 16.4. The molecule has 0 aliphatic carbocycles. The molecule has 0 saturated carbocycles. The molecule has 4 rings (SSSR count). The molecule has 0 unspecified atom stereocenters. The van der Waals surface area contributed by atoms with Gasteiger partial charge in [0.05, 0.1) is 10.7 Å².